The monoisotopic (exact) mass is 225 g/mol. The van der Waals surface area contributed by atoms with Gasteiger partial charge >= 0.3 is 0 Å². The van der Waals surface area contributed by atoms with Crippen LogP contribution in [-0.4, -0.2) is 62.2 Å². The first-order valence-corrected chi connectivity index (χ1v) is 6.88. The van der Waals surface area contributed by atoms with Gasteiger partial charge in [0, 0.05) is 31.7 Å². The second kappa shape index (κ2) is 5.99. The van der Waals surface area contributed by atoms with E-state index >= 15 is 0 Å². The summed E-state index contributed by atoms with van der Waals surface area (Å²) in [6.45, 7) is 4.82. The van der Waals surface area contributed by atoms with Crippen molar-refractivity contribution in [1.82, 2.24) is 15.1 Å². The summed E-state index contributed by atoms with van der Waals surface area (Å²) in [7, 11) is 4.52. The molecular weight excluding hydrogens is 198 g/mol. The number of hydrogen-bond acceptors (Lipinski definition) is 3. The van der Waals surface area contributed by atoms with Crippen LogP contribution in [0.25, 0.3) is 0 Å². The Balaban J connectivity index is 1.52. The minimum Gasteiger partial charge on any atom is -0.314 e. The van der Waals surface area contributed by atoms with E-state index in [0.717, 1.165) is 18.6 Å². The van der Waals surface area contributed by atoms with E-state index in [-0.39, 0.29) is 0 Å². The third-order valence-corrected chi connectivity index (χ3v) is 4.11. The van der Waals surface area contributed by atoms with Gasteiger partial charge in [-0.25, -0.2) is 0 Å². The zero-order valence-corrected chi connectivity index (χ0v) is 10.9. The molecule has 16 heavy (non-hydrogen) atoms. The van der Waals surface area contributed by atoms with Gasteiger partial charge in [-0.1, -0.05) is 6.42 Å². The summed E-state index contributed by atoms with van der Waals surface area (Å²) >= 11 is 0. The van der Waals surface area contributed by atoms with E-state index in [9.17, 15) is 0 Å². The summed E-state index contributed by atoms with van der Waals surface area (Å²) in [5.74, 6) is 0. The molecule has 1 N–H and O–H groups in total. The maximum atomic E-state index is 3.62. The average Bonchev–Trinajstić information content (AvgIpc) is 3.10. The Hall–Kier alpha value is -0.120. The molecule has 1 saturated heterocycles. The minimum absolute atomic E-state index is 0.778. The zero-order chi connectivity index (χ0) is 11.4. The van der Waals surface area contributed by atoms with Gasteiger partial charge < -0.3 is 15.1 Å². The topological polar surface area (TPSA) is 18.5 Å². The Bertz CT molecular complexity index is 203. The quantitative estimate of drug-likeness (QED) is 0.684. The van der Waals surface area contributed by atoms with E-state index in [0.29, 0.717) is 0 Å². The molecular formula is C13H27N3. The second-order valence-electron chi connectivity index (χ2n) is 5.55. The van der Waals surface area contributed by atoms with Gasteiger partial charge in [0.1, 0.15) is 0 Å². The largest absolute Gasteiger partial charge is 0.314 e. The summed E-state index contributed by atoms with van der Waals surface area (Å²) in [5, 5.41) is 3.62. The molecule has 0 spiro atoms. The molecule has 1 saturated carbocycles. The lowest BCUT2D eigenvalue weighted by Gasteiger charge is -2.32. The summed E-state index contributed by atoms with van der Waals surface area (Å²) in [4.78, 5) is 5.01. The van der Waals surface area contributed by atoms with Crippen molar-refractivity contribution in [1.29, 1.82) is 0 Å². The van der Waals surface area contributed by atoms with E-state index in [1.807, 2.05) is 0 Å². The van der Waals surface area contributed by atoms with Crippen molar-refractivity contribution in [3.05, 3.63) is 0 Å². The molecule has 1 unspecified atom stereocenters. The van der Waals surface area contributed by atoms with Crippen LogP contribution < -0.4 is 5.32 Å². The van der Waals surface area contributed by atoms with E-state index in [1.165, 1.54) is 51.7 Å². The summed E-state index contributed by atoms with van der Waals surface area (Å²) < 4.78 is 0. The van der Waals surface area contributed by atoms with E-state index < -0.39 is 0 Å². The van der Waals surface area contributed by atoms with Gasteiger partial charge in [-0.3, -0.25) is 0 Å². The van der Waals surface area contributed by atoms with Gasteiger partial charge in [-0.15, -0.1) is 0 Å². The number of rotatable bonds is 6. The van der Waals surface area contributed by atoms with Crippen molar-refractivity contribution < 1.29 is 0 Å². The summed E-state index contributed by atoms with van der Waals surface area (Å²) in [6, 6.07) is 1.68. The van der Waals surface area contributed by atoms with E-state index in [2.05, 4.69) is 29.2 Å². The first-order chi connectivity index (χ1) is 7.77. The van der Waals surface area contributed by atoms with Crippen molar-refractivity contribution in [3.8, 4) is 0 Å². The Morgan fingerprint density at radius 2 is 2.06 bits per heavy atom. The molecule has 0 bridgehead atoms. The van der Waals surface area contributed by atoms with Gasteiger partial charge in [0.15, 0.2) is 0 Å². The number of likely N-dealkylation sites (N-methyl/N-ethyl adjacent to an activating group) is 2. The molecule has 0 radical (unpaired) electrons. The van der Waals surface area contributed by atoms with Crippen LogP contribution >= 0.6 is 0 Å². The molecule has 0 aromatic carbocycles. The Morgan fingerprint density at radius 3 is 2.75 bits per heavy atom. The number of hydrogen-bond donors (Lipinski definition) is 1. The highest BCUT2D eigenvalue weighted by molar-refractivity contribution is 4.83. The molecule has 3 nitrogen and oxygen atoms in total. The molecule has 94 valence electrons. The normalized spacial score (nSPS) is 27.6. The lowest BCUT2D eigenvalue weighted by molar-refractivity contribution is 0.180. The molecule has 2 aliphatic rings. The number of nitrogens with one attached hydrogen (secondary N) is 1. The van der Waals surface area contributed by atoms with Gasteiger partial charge in [-0.2, -0.15) is 0 Å². The highest BCUT2D eigenvalue weighted by atomic mass is 15.2. The van der Waals surface area contributed by atoms with Crippen LogP contribution in [0.1, 0.15) is 32.1 Å². The predicted octanol–water partition coefficient (Wildman–Crippen LogP) is 1.15. The van der Waals surface area contributed by atoms with Crippen LogP contribution in [0.4, 0.5) is 0 Å². The molecule has 0 aromatic rings. The highest BCUT2D eigenvalue weighted by Gasteiger charge is 2.25. The summed E-state index contributed by atoms with van der Waals surface area (Å²) in [5.41, 5.74) is 0. The van der Waals surface area contributed by atoms with Crippen molar-refractivity contribution in [2.24, 2.45) is 0 Å². The van der Waals surface area contributed by atoms with Crippen LogP contribution in [0.2, 0.25) is 0 Å². The van der Waals surface area contributed by atoms with Gasteiger partial charge in [-0.05, 0) is 46.3 Å². The Labute approximate surface area is 100 Å². The lowest BCUT2D eigenvalue weighted by Crippen LogP contribution is -2.44. The Kier molecular flexibility index (Phi) is 4.62. The summed E-state index contributed by atoms with van der Waals surface area (Å²) in [6.07, 6.45) is 7.02. The fourth-order valence-corrected chi connectivity index (χ4v) is 2.62. The minimum atomic E-state index is 0.778. The van der Waals surface area contributed by atoms with Gasteiger partial charge in [0.25, 0.3) is 0 Å². The van der Waals surface area contributed by atoms with Gasteiger partial charge in [0.2, 0.25) is 0 Å². The molecule has 0 amide bonds. The highest BCUT2D eigenvalue weighted by Crippen LogP contribution is 2.24. The third-order valence-electron chi connectivity index (χ3n) is 4.11. The fraction of sp³-hybridized carbons (Fsp3) is 1.00. The van der Waals surface area contributed by atoms with E-state index in [4.69, 9.17) is 0 Å². The first kappa shape index (κ1) is 12.3. The van der Waals surface area contributed by atoms with Crippen LogP contribution in [0.5, 0.6) is 0 Å². The molecule has 1 heterocycles. The zero-order valence-electron chi connectivity index (χ0n) is 10.9. The van der Waals surface area contributed by atoms with Crippen LogP contribution in [0.3, 0.4) is 0 Å². The molecule has 1 aliphatic carbocycles. The van der Waals surface area contributed by atoms with Crippen molar-refractivity contribution >= 4 is 0 Å². The maximum absolute atomic E-state index is 3.62. The molecule has 0 aromatic heterocycles. The standard InChI is InChI=1S/C13H27N3/c1-15-9-4-3-5-13(15)11-14-8-10-16(2)12-6-7-12/h12-14H,3-11H2,1-2H3. The van der Waals surface area contributed by atoms with Crippen molar-refractivity contribution in [3.63, 3.8) is 0 Å². The molecule has 2 rings (SSSR count). The average molecular weight is 225 g/mol. The number of likely N-dealkylation sites (tertiary alicyclic amines) is 1. The third kappa shape index (κ3) is 3.72. The lowest BCUT2D eigenvalue weighted by atomic mass is 10.0. The van der Waals surface area contributed by atoms with Crippen LogP contribution in [0.15, 0.2) is 0 Å². The first-order valence-electron chi connectivity index (χ1n) is 6.88. The molecule has 3 heteroatoms. The fourth-order valence-electron chi connectivity index (χ4n) is 2.62. The van der Waals surface area contributed by atoms with Crippen LogP contribution in [0, 0.1) is 0 Å². The van der Waals surface area contributed by atoms with Gasteiger partial charge in [0.05, 0.1) is 0 Å². The second-order valence-corrected chi connectivity index (χ2v) is 5.55. The number of piperidine rings is 1. The maximum Gasteiger partial charge on any atom is 0.0217 e. The van der Waals surface area contributed by atoms with Crippen LogP contribution in [-0.2, 0) is 0 Å². The molecule has 1 aliphatic heterocycles. The van der Waals surface area contributed by atoms with E-state index in [1.54, 1.807) is 0 Å². The molecule has 1 atom stereocenters. The smallest absolute Gasteiger partial charge is 0.0217 e. The van der Waals surface area contributed by atoms with Crippen molar-refractivity contribution in [2.45, 2.75) is 44.2 Å². The Morgan fingerprint density at radius 1 is 1.25 bits per heavy atom. The SMILES string of the molecule is CN(CCNCC1CCCCN1C)C1CC1. The number of nitrogens with zero attached hydrogens (tertiary/aromatic N) is 2. The van der Waals surface area contributed by atoms with Crippen molar-refractivity contribution in [2.75, 3.05) is 40.3 Å². The predicted molar refractivity (Wildman–Crippen MR) is 68.8 cm³/mol. The molecule has 2 fully saturated rings.